The quantitative estimate of drug-likeness (QED) is 0.435. The predicted octanol–water partition coefficient (Wildman–Crippen LogP) is 0.239. The summed E-state index contributed by atoms with van der Waals surface area (Å²) in [7, 11) is 1.77. The molecule has 0 aromatic heterocycles. The van der Waals surface area contributed by atoms with E-state index in [-0.39, 0.29) is 0 Å². The summed E-state index contributed by atoms with van der Waals surface area (Å²) in [5.41, 5.74) is 0. The van der Waals surface area contributed by atoms with E-state index in [1.54, 1.807) is 7.05 Å². The standard InChI is InChI=1S/C4H8N2O/c1-6-5-3-2-4-7-6/h3H,2,4H2,1H3. The van der Waals surface area contributed by atoms with Crippen LogP contribution >= 0.6 is 0 Å². The molecule has 0 aromatic rings. The number of rotatable bonds is 0. The highest BCUT2D eigenvalue weighted by atomic mass is 16.7. The topological polar surface area (TPSA) is 24.8 Å². The van der Waals surface area contributed by atoms with Gasteiger partial charge in [0, 0.05) is 12.6 Å². The van der Waals surface area contributed by atoms with Gasteiger partial charge in [-0.1, -0.05) is 0 Å². The Morgan fingerprint density at radius 1 is 1.86 bits per heavy atom. The maximum Gasteiger partial charge on any atom is 0.0817 e. The Balaban J connectivity index is 2.36. The van der Waals surface area contributed by atoms with Crippen molar-refractivity contribution in [3.63, 3.8) is 0 Å². The van der Waals surface area contributed by atoms with Crippen LogP contribution in [-0.2, 0) is 4.84 Å². The summed E-state index contributed by atoms with van der Waals surface area (Å²) in [6.45, 7) is 0.764. The van der Waals surface area contributed by atoms with Gasteiger partial charge in [-0.15, -0.1) is 0 Å². The van der Waals surface area contributed by atoms with E-state index in [9.17, 15) is 0 Å². The van der Waals surface area contributed by atoms with Gasteiger partial charge in [-0.05, 0) is 0 Å². The number of hydroxylamine groups is 1. The molecule has 0 unspecified atom stereocenters. The third-order valence-corrected chi connectivity index (χ3v) is 0.769. The van der Waals surface area contributed by atoms with Crippen LogP contribution in [0.2, 0.25) is 0 Å². The van der Waals surface area contributed by atoms with Crippen LogP contribution in [0.3, 0.4) is 0 Å². The van der Waals surface area contributed by atoms with Crippen molar-refractivity contribution in [3.05, 3.63) is 0 Å². The van der Waals surface area contributed by atoms with Gasteiger partial charge in [0.15, 0.2) is 0 Å². The monoisotopic (exact) mass is 100 g/mol. The van der Waals surface area contributed by atoms with Crippen molar-refractivity contribution in [2.24, 2.45) is 5.10 Å². The molecule has 0 amide bonds. The predicted molar refractivity (Wildman–Crippen MR) is 26.8 cm³/mol. The van der Waals surface area contributed by atoms with Crippen LogP contribution in [-0.4, -0.2) is 25.0 Å². The number of nitrogens with zero attached hydrogens (tertiary/aromatic N) is 2. The molecular weight excluding hydrogens is 92.1 g/mol. The molecule has 0 N–H and O–H groups in total. The Morgan fingerprint density at radius 2 is 2.71 bits per heavy atom. The number of hydrogen-bond donors (Lipinski definition) is 0. The average Bonchev–Trinajstić information content (AvgIpc) is 1.69. The van der Waals surface area contributed by atoms with Crippen molar-refractivity contribution in [1.82, 2.24) is 5.17 Å². The molecule has 40 valence electrons. The summed E-state index contributed by atoms with van der Waals surface area (Å²) >= 11 is 0. The second-order valence-corrected chi connectivity index (χ2v) is 1.38. The molecule has 0 fully saturated rings. The average molecular weight is 100 g/mol. The first kappa shape index (κ1) is 4.59. The Kier molecular flexibility index (Phi) is 1.26. The molecule has 0 radical (unpaired) electrons. The molecule has 7 heavy (non-hydrogen) atoms. The van der Waals surface area contributed by atoms with Gasteiger partial charge in [-0.2, -0.15) is 10.3 Å². The highest BCUT2D eigenvalue weighted by Gasteiger charge is 1.94. The van der Waals surface area contributed by atoms with Crippen LogP contribution in [0.1, 0.15) is 6.42 Å². The molecule has 0 spiro atoms. The van der Waals surface area contributed by atoms with Crippen LogP contribution in [0.5, 0.6) is 0 Å². The minimum absolute atomic E-state index is 0.764. The number of hydrazone groups is 1. The zero-order valence-corrected chi connectivity index (χ0v) is 4.29. The molecule has 0 atom stereocenters. The van der Waals surface area contributed by atoms with Crippen molar-refractivity contribution in [2.75, 3.05) is 13.7 Å². The molecule has 3 nitrogen and oxygen atoms in total. The lowest BCUT2D eigenvalue weighted by Crippen LogP contribution is -2.17. The largest absolute Gasteiger partial charge is 0.256 e. The molecule has 1 heterocycles. The van der Waals surface area contributed by atoms with E-state index in [1.165, 1.54) is 5.17 Å². The number of hydrogen-bond acceptors (Lipinski definition) is 3. The fourth-order valence-corrected chi connectivity index (χ4v) is 0.444. The van der Waals surface area contributed by atoms with Gasteiger partial charge in [0.2, 0.25) is 0 Å². The third kappa shape index (κ3) is 1.16. The Hall–Kier alpha value is -0.570. The Bertz CT molecular complexity index is 81.8. The first-order chi connectivity index (χ1) is 3.39. The molecule has 3 heteroatoms. The molecule has 1 aliphatic rings. The van der Waals surface area contributed by atoms with Crippen molar-refractivity contribution < 1.29 is 4.84 Å². The fourth-order valence-electron chi connectivity index (χ4n) is 0.444. The third-order valence-electron chi connectivity index (χ3n) is 0.769. The minimum Gasteiger partial charge on any atom is -0.256 e. The van der Waals surface area contributed by atoms with Crippen LogP contribution in [0.25, 0.3) is 0 Å². The van der Waals surface area contributed by atoms with Crippen molar-refractivity contribution in [2.45, 2.75) is 6.42 Å². The van der Waals surface area contributed by atoms with Crippen LogP contribution < -0.4 is 0 Å². The molecule has 0 saturated heterocycles. The summed E-state index contributed by atoms with van der Waals surface area (Å²) in [5.74, 6) is 0. The van der Waals surface area contributed by atoms with Gasteiger partial charge in [0.1, 0.15) is 0 Å². The lowest BCUT2D eigenvalue weighted by atomic mass is 10.5. The molecule has 0 saturated carbocycles. The van der Waals surface area contributed by atoms with Gasteiger partial charge in [-0.3, -0.25) is 4.84 Å². The second-order valence-electron chi connectivity index (χ2n) is 1.38. The van der Waals surface area contributed by atoms with Crippen molar-refractivity contribution in [3.8, 4) is 0 Å². The van der Waals surface area contributed by atoms with Crippen LogP contribution in [0.15, 0.2) is 5.10 Å². The minimum atomic E-state index is 0.764. The molecule has 0 aliphatic carbocycles. The maximum atomic E-state index is 4.91. The van der Waals surface area contributed by atoms with Gasteiger partial charge >= 0.3 is 0 Å². The molecule has 0 bridgehead atoms. The SMILES string of the molecule is CN1N=CCCO1. The lowest BCUT2D eigenvalue weighted by Gasteiger charge is -2.14. The smallest absolute Gasteiger partial charge is 0.0817 e. The normalized spacial score (nSPS) is 20.4. The van der Waals surface area contributed by atoms with E-state index >= 15 is 0 Å². The van der Waals surface area contributed by atoms with E-state index in [0.29, 0.717) is 0 Å². The summed E-state index contributed by atoms with van der Waals surface area (Å²) in [5, 5.41) is 5.28. The summed E-state index contributed by atoms with van der Waals surface area (Å²) < 4.78 is 0. The van der Waals surface area contributed by atoms with Gasteiger partial charge in [0.25, 0.3) is 0 Å². The highest BCUT2D eigenvalue weighted by molar-refractivity contribution is 5.56. The van der Waals surface area contributed by atoms with E-state index in [2.05, 4.69) is 5.10 Å². The van der Waals surface area contributed by atoms with Crippen molar-refractivity contribution in [1.29, 1.82) is 0 Å². The zero-order valence-electron chi connectivity index (χ0n) is 4.29. The second kappa shape index (κ2) is 1.93. The first-order valence-corrected chi connectivity index (χ1v) is 2.28. The first-order valence-electron chi connectivity index (χ1n) is 2.28. The zero-order chi connectivity index (χ0) is 5.11. The summed E-state index contributed by atoms with van der Waals surface area (Å²) in [6.07, 6.45) is 2.77. The van der Waals surface area contributed by atoms with E-state index in [0.717, 1.165) is 13.0 Å². The maximum absolute atomic E-state index is 4.91. The Morgan fingerprint density at radius 3 is 3.00 bits per heavy atom. The molecule has 0 aromatic carbocycles. The van der Waals surface area contributed by atoms with Gasteiger partial charge in [-0.25, -0.2) is 0 Å². The molecular formula is C4H8N2O. The molecule has 1 rings (SSSR count). The van der Waals surface area contributed by atoms with Crippen LogP contribution in [0.4, 0.5) is 0 Å². The molecule has 1 aliphatic heterocycles. The van der Waals surface area contributed by atoms with E-state index < -0.39 is 0 Å². The van der Waals surface area contributed by atoms with E-state index in [4.69, 9.17) is 4.84 Å². The summed E-state index contributed by atoms with van der Waals surface area (Å²) in [6, 6.07) is 0. The van der Waals surface area contributed by atoms with Gasteiger partial charge < -0.3 is 0 Å². The Labute approximate surface area is 42.5 Å². The van der Waals surface area contributed by atoms with E-state index in [1.807, 2.05) is 6.21 Å². The van der Waals surface area contributed by atoms with Gasteiger partial charge in [0.05, 0.1) is 13.7 Å². The fraction of sp³-hybridized carbons (Fsp3) is 0.750. The summed E-state index contributed by atoms with van der Waals surface area (Å²) in [4.78, 5) is 4.91. The highest BCUT2D eigenvalue weighted by Crippen LogP contribution is 1.92. The van der Waals surface area contributed by atoms with Crippen molar-refractivity contribution >= 4 is 6.21 Å². The lowest BCUT2D eigenvalue weighted by molar-refractivity contribution is -0.143. The van der Waals surface area contributed by atoms with Crippen LogP contribution in [0, 0.1) is 0 Å².